The molecular weight excluding hydrogens is 218 g/mol. The molecule has 1 aromatic rings. The molecular formula is C13H19NOS. The molecule has 2 unspecified atom stereocenters. The maximum absolute atomic E-state index is 5.68. The summed E-state index contributed by atoms with van der Waals surface area (Å²) in [5, 5.41) is 3.63. The summed E-state index contributed by atoms with van der Waals surface area (Å²) in [5.41, 5.74) is 1.29. The Balaban J connectivity index is 2.17. The molecule has 2 atom stereocenters. The predicted molar refractivity (Wildman–Crippen MR) is 70.3 cm³/mol. The summed E-state index contributed by atoms with van der Waals surface area (Å²) in [6.45, 7) is 5.00. The Morgan fingerprint density at radius 2 is 2.19 bits per heavy atom. The largest absolute Gasteiger partial charge is 0.494 e. The number of benzene rings is 1. The van der Waals surface area contributed by atoms with E-state index in [1.807, 2.05) is 24.8 Å². The summed E-state index contributed by atoms with van der Waals surface area (Å²) >= 11 is 2.01. The van der Waals surface area contributed by atoms with Gasteiger partial charge in [0.15, 0.2) is 0 Å². The van der Waals surface area contributed by atoms with Crippen LogP contribution in [0.15, 0.2) is 24.3 Å². The molecule has 1 heterocycles. The molecule has 0 saturated carbocycles. The zero-order chi connectivity index (χ0) is 11.4. The van der Waals surface area contributed by atoms with Gasteiger partial charge >= 0.3 is 0 Å². The zero-order valence-corrected chi connectivity index (χ0v) is 10.7. The number of hydrogen-bond donors (Lipinski definition) is 1. The molecule has 1 aliphatic rings. The molecule has 16 heavy (non-hydrogen) atoms. The SMILES string of the molecule is CCOc1ccccc1C1CSCC(C)N1. The third-order valence-electron chi connectivity index (χ3n) is 2.73. The lowest BCUT2D eigenvalue weighted by Crippen LogP contribution is -2.38. The maximum atomic E-state index is 5.68. The van der Waals surface area contributed by atoms with Crippen LogP contribution in [-0.4, -0.2) is 24.2 Å². The first kappa shape index (κ1) is 11.8. The summed E-state index contributed by atoms with van der Waals surface area (Å²) in [6.07, 6.45) is 0. The van der Waals surface area contributed by atoms with Gasteiger partial charge in [-0.25, -0.2) is 0 Å². The van der Waals surface area contributed by atoms with Crippen molar-refractivity contribution in [2.24, 2.45) is 0 Å². The van der Waals surface area contributed by atoms with E-state index in [1.54, 1.807) is 0 Å². The van der Waals surface area contributed by atoms with Crippen LogP contribution in [-0.2, 0) is 0 Å². The van der Waals surface area contributed by atoms with Crippen LogP contribution < -0.4 is 10.1 Å². The quantitative estimate of drug-likeness (QED) is 0.873. The summed E-state index contributed by atoms with van der Waals surface area (Å²) in [5.74, 6) is 3.36. The Morgan fingerprint density at radius 3 is 2.94 bits per heavy atom. The minimum Gasteiger partial charge on any atom is -0.494 e. The Morgan fingerprint density at radius 1 is 1.38 bits per heavy atom. The monoisotopic (exact) mass is 237 g/mol. The van der Waals surface area contributed by atoms with Crippen LogP contribution >= 0.6 is 11.8 Å². The van der Waals surface area contributed by atoms with Crippen molar-refractivity contribution < 1.29 is 4.74 Å². The van der Waals surface area contributed by atoms with E-state index in [1.165, 1.54) is 11.3 Å². The number of thioether (sulfide) groups is 1. The van der Waals surface area contributed by atoms with E-state index in [-0.39, 0.29) is 0 Å². The van der Waals surface area contributed by atoms with Gasteiger partial charge < -0.3 is 10.1 Å². The molecule has 0 amide bonds. The van der Waals surface area contributed by atoms with Crippen molar-refractivity contribution in [3.63, 3.8) is 0 Å². The smallest absolute Gasteiger partial charge is 0.124 e. The van der Waals surface area contributed by atoms with Gasteiger partial charge in [-0.05, 0) is 19.9 Å². The highest BCUT2D eigenvalue weighted by Gasteiger charge is 2.22. The molecule has 1 aromatic carbocycles. The van der Waals surface area contributed by atoms with Crippen LogP contribution in [0.3, 0.4) is 0 Å². The molecule has 88 valence electrons. The van der Waals surface area contributed by atoms with Crippen molar-refractivity contribution in [3.05, 3.63) is 29.8 Å². The van der Waals surface area contributed by atoms with Crippen molar-refractivity contribution in [1.82, 2.24) is 5.32 Å². The highest BCUT2D eigenvalue weighted by atomic mass is 32.2. The highest BCUT2D eigenvalue weighted by molar-refractivity contribution is 7.99. The van der Waals surface area contributed by atoms with Gasteiger partial charge in [-0.15, -0.1) is 0 Å². The molecule has 0 spiro atoms. The van der Waals surface area contributed by atoms with Crippen molar-refractivity contribution in [3.8, 4) is 5.75 Å². The summed E-state index contributed by atoms with van der Waals surface area (Å²) < 4.78 is 5.68. The lowest BCUT2D eigenvalue weighted by molar-refractivity contribution is 0.331. The fourth-order valence-electron chi connectivity index (χ4n) is 2.04. The van der Waals surface area contributed by atoms with Crippen LogP contribution in [0.1, 0.15) is 25.5 Å². The fourth-order valence-corrected chi connectivity index (χ4v) is 3.13. The molecule has 1 aliphatic heterocycles. The second-order valence-corrected chi connectivity index (χ2v) is 5.20. The average Bonchev–Trinajstić information content (AvgIpc) is 2.30. The summed E-state index contributed by atoms with van der Waals surface area (Å²) in [6, 6.07) is 9.36. The van der Waals surface area contributed by atoms with E-state index >= 15 is 0 Å². The Kier molecular flexibility index (Phi) is 4.13. The number of nitrogens with one attached hydrogen (secondary N) is 1. The van der Waals surface area contributed by atoms with Gasteiger partial charge in [0.25, 0.3) is 0 Å². The first-order chi connectivity index (χ1) is 7.81. The van der Waals surface area contributed by atoms with E-state index in [2.05, 4.69) is 30.4 Å². The number of rotatable bonds is 3. The van der Waals surface area contributed by atoms with Crippen LogP contribution in [0.25, 0.3) is 0 Å². The minimum absolute atomic E-state index is 0.427. The standard InChI is InChI=1S/C13H19NOS/c1-3-15-13-7-5-4-6-11(13)12-9-16-8-10(2)14-12/h4-7,10,12,14H,3,8-9H2,1-2H3. The van der Waals surface area contributed by atoms with Gasteiger partial charge in [0.1, 0.15) is 5.75 Å². The summed E-state index contributed by atoms with van der Waals surface area (Å²) in [4.78, 5) is 0. The van der Waals surface area contributed by atoms with Crippen LogP contribution in [0.5, 0.6) is 5.75 Å². The number of ether oxygens (including phenoxy) is 1. The zero-order valence-electron chi connectivity index (χ0n) is 9.90. The van der Waals surface area contributed by atoms with E-state index in [0.29, 0.717) is 12.1 Å². The third kappa shape index (κ3) is 2.71. The van der Waals surface area contributed by atoms with Gasteiger partial charge in [0, 0.05) is 29.2 Å². The predicted octanol–water partition coefficient (Wildman–Crippen LogP) is 2.85. The molecule has 0 aliphatic carbocycles. The number of para-hydroxylation sites is 1. The summed E-state index contributed by atoms with van der Waals surface area (Å²) in [7, 11) is 0. The van der Waals surface area contributed by atoms with Gasteiger partial charge in [-0.1, -0.05) is 18.2 Å². The molecule has 1 saturated heterocycles. The second kappa shape index (κ2) is 5.60. The molecule has 2 rings (SSSR count). The Labute approximate surface area is 102 Å². The van der Waals surface area contributed by atoms with E-state index < -0.39 is 0 Å². The first-order valence-corrected chi connectivity index (χ1v) is 7.02. The second-order valence-electron chi connectivity index (χ2n) is 4.13. The van der Waals surface area contributed by atoms with Crippen LogP contribution in [0.4, 0.5) is 0 Å². The highest BCUT2D eigenvalue weighted by Crippen LogP contribution is 2.30. The Bertz CT molecular complexity index is 342. The first-order valence-electron chi connectivity index (χ1n) is 5.86. The lowest BCUT2D eigenvalue weighted by atomic mass is 10.1. The van der Waals surface area contributed by atoms with E-state index in [9.17, 15) is 0 Å². The van der Waals surface area contributed by atoms with E-state index in [0.717, 1.165) is 18.1 Å². The molecule has 1 fully saturated rings. The Hall–Kier alpha value is -0.670. The third-order valence-corrected chi connectivity index (χ3v) is 4.04. The van der Waals surface area contributed by atoms with Crippen molar-refractivity contribution in [2.75, 3.05) is 18.1 Å². The molecule has 3 heteroatoms. The van der Waals surface area contributed by atoms with E-state index in [4.69, 9.17) is 4.74 Å². The van der Waals surface area contributed by atoms with Crippen LogP contribution in [0, 0.1) is 0 Å². The molecule has 1 N–H and O–H groups in total. The fraction of sp³-hybridized carbons (Fsp3) is 0.538. The molecule has 0 aromatic heterocycles. The topological polar surface area (TPSA) is 21.3 Å². The normalized spacial score (nSPS) is 25.4. The van der Waals surface area contributed by atoms with Crippen LogP contribution in [0.2, 0.25) is 0 Å². The number of hydrogen-bond acceptors (Lipinski definition) is 3. The average molecular weight is 237 g/mol. The van der Waals surface area contributed by atoms with Gasteiger partial charge in [0.05, 0.1) is 6.61 Å². The molecule has 2 nitrogen and oxygen atoms in total. The van der Waals surface area contributed by atoms with Gasteiger partial charge in [0.2, 0.25) is 0 Å². The molecule has 0 radical (unpaired) electrons. The van der Waals surface area contributed by atoms with Gasteiger partial charge in [-0.3, -0.25) is 0 Å². The lowest BCUT2D eigenvalue weighted by Gasteiger charge is -2.29. The van der Waals surface area contributed by atoms with Crippen molar-refractivity contribution in [2.45, 2.75) is 25.9 Å². The maximum Gasteiger partial charge on any atom is 0.124 e. The molecule has 0 bridgehead atoms. The minimum atomic E-state index is 0.427. The van der Waals surface area contributed by atoms with Crippen molar-refractivity contribution >= 4 is 11.8 Å². The van der Waals surface area contributed by atoms with Gasteiger partial charge in [-0.2, -0.15) is 11.8 Å². The van der Waals surface area contributed by atoms with Crippen molar-refractivity contribution in [1.29, 1.82) is 0 Å².